The molecule has 28 heavy (non-hydrogen) atoms. The van der Waals surface area contributed by atoms with Gasteiger partial charge in [-0.05, 0) is 42.9 Å². The van der Waals surface area contributed by atoms with E-state index >= 15 is 0 Å². The number of fused-ring (bicyclic) bond motifs is 1. The first-order valence-corrected chi connectivity index (χ1v) is 11.1. The fourth-order valence-corrected chi connectivity index (χ4v) is 4.20. The van der Waals surface area contributed by atoms with Crippen molar-refractivity contribution in [2.45, 2.75) is 19.3 Å². The van der Waals surface area contributed by atoms with Crippen LogP contribution in [0.5, 0.6) is 11.5 Å². The van der Waals surface area contributed by atoms with Gasteiger partial charge in [-0.15, -0.1) is 24.0 Å². The summed E-state index contributed by atoms with van der Waals surface area (Å²) in [5, 5.41) is 6.67. The van der Waals surface area contributed by atoms with Gasteiger partial charge in [0, 0.05) is 33.2 Å². The predicted molar refractivity (Wildman–Crippen MR) is 120 cm³/mol. The first kappa shape index (κ1) is 23.0. The Balaban J connectivity index is 0.00000280. The Bertz CT molecular complexity index is 780. The minimum Gasteiger partial charge on any atom is -0.454 e. The molecule has 2 aliphatic heterocycles. The van der Waals surface area contributed by atoms with E-state index in [0.717, 1.165) is 49.8 Å². The second-order valence-corrected chi connectivity index (χ2v) is 8.91. The van der Waals surface area contributed by atoms with Crippen LogP contribution in [0.2, 0.25) is 0 Å². The number of ether oxygens (including phenoxy) is 2. The lowest BCUT2D eigenvalue weighted by Crippen LogP contribution is -2.44. The van der Waals surface area contributed by atoms with Gasteiger partial charge in [0.25, 0.3) is 0 Å². The van der Waals surface area contributed by atoms with E-state index in [2.05, 4.69) is 15.6 Å². The summed E-state index contributed by atoms with van der Waals surface area (Å²) in [6.45, 7) is 3.03. The molecular weight excluding hydrogens is 495 g/mol. The normalized spacial score (nSPS) is 17.9. The number of nitrogens with zero attached hydrogens (tertiary/aromatic N) is 2. The number of halogens is 1. The van der Waals surface area contributed by atoms with E-state index in [1.165, 1.54) is 11.8 Å². The molecule has 1 aromatic carbocycles. The molecule has 0 radical (unpaired) electrons. The fraction of sp³-hybridized carbons (Fsp3) is 0.611. The zero-order valence-corrected chi connectivity index (χ0v) is 19.5. The third-order valence-electron chi connectivity index (χ3n) is 4.97. The van der Waals surface area contributed by atoms with Gasteiger partial charge < -0.3 is 20.1 Å². The van der Waals surface area contributed by atoms with Gasteiger partial charge in [-0.3, -0.25) is 4.99 Å². The Hall–Kier alpha value is -1.27. The van der Waals surface area contributed by atoms with Crippen LogP contribution in [0.3, 0.4) is 0 Å². The molecule has 2 aliphatic rings. The van der Waals surface area contributed by atoms with Crippen LogP contribution < -0.4 is 20.1 Å². The molecule has 0 amide bonds. The monoisotopic (exact) mass is 524 g/mol. The van der Waals surface area contributed by atoms with E-state index in [-0.39, 0.29) is 30.8 Å². The summed E-state index contributed by atoms with van der Waals surface area (Å²) in [5.41, 5.74) is 1.18. The number of sulfonamides is 1. The van der Waals surface area contributed by atoms with E-state index < -0.39 is 10.0 Å². The van der Waals surface area contributed by atoms with Crippen LogP contribution in [-0.4, -0.2) is 65.0 Å². The average molecular weight is 524 g/mol. The molecule has 8 nitrogen and oxygen atoms in total. The second-order valence-electron chi connectivity index (χ2n) is 6.92. The highest BCUT2D eigenvalue weighted by Gasteiger charge is 2.24. The van der Waals surface area contributed by atoms with Crippen molar-refractivity contribution < 1.29 is 17.9 Å². The summed E-state index contributed by atoms with van der Waals surface area (Å²) in [6.07, 6.45) is 3.87. The van der Waals surface area contributed by atoms with Crippen molar-refractivity contribution in [3.05, 3.63) is 23.8 Å². The Kier molecular flexibility index (Phi) is 8.62. The van der Waals surface area contributed by atoms with Crippen LogP contribution in [-0.2, 0) is 16.4 Å². The van der Waals surface area contributed by atoms with Crippen LogP contribution in [0.15, 0.2) is 23.2 Å². The molecule has 0 aromatic heterocycles. The van der Waals surface area contributed by atoms with Gasteiger partial charge in [-0.2, -0.15) is 0 Å². The fourth-order valence-electron chi connectivity index (χ4n) is 3.33. The van der Waals surface area contributed by atoms with Crippen LogP contribution >= 0.6 is 24.0 Å². The van der Waals surface area contributed by atoms with E-state index in [4.69, 9.17) is 9.47 Å². The number of rotatable bonds is 6. The lowest BCUT2D eigenvalue weighted by atomic mass is 9.98. The predicted octanol–water partition coefficient (Wildman–Crippen LogP) is 1.41. The van der Waals surface area contributed by atoms with Crippen molar-refractivity contribution in [2.75, 3.05) is 46.3 Å². The number of guanidine groups is 1. The van der Waals surface area contributed by atoms with Gasteiger partial charge in [-0.1, -0.05) is 6.07 Å². The molecule has 10 heteroatoms. The molecule has 158 valence electrons. The quantitative estimate of drug-likeness (QED) is 0.332. The summed E-state index contributed by atoms with van der Waals surface area (Å²) in [6, 6.07) is 5.99. The molecule has 0 aliphatic carbocycles. The van der Waals surface area contributed by atoms with Crippen molar-refractivity contribution in [1.82, 2.24) is 14.9 Å². The summed E-state index contributed by atoms with van der Waals surface area (Å²) in [5.74, 6) is 2.82. The average Bonchev–Trinajstić information content (AvgIpc) is 3.12. The first-order chi connectivity index (χ1) is 13.0. The molecule has 0 saturated carbocycles. The zero-order valence-electron chi connectivity index (χ0n) is 16.3. The minimum atomic E-state index is -3.07. The van der Waals surface area contributed by atoms with Crippen molar-refractivity contribution >= 4 is 40.0 Å². The lowest BCUT2D eigenvalue weighted by molar-refractivity contribution is 0.174. The third-order valence-corrected chi connectivity index (χ3v) is 6.27. The molecule has 2 heterocycles. The summed E-state index contributed by atoms with van der Waals surface area (Å²) in [4.78, 5) is 4.26. The van der Waals surface area contributed by atoms with Crippen LogP contribution in [0.25, 0.3) is 0 Å². The standard InChI is InChI=1S/C18H28N4O4S.HI/c1-19-18(21-12-15-6-9-22(10-7-15)27(2,23)24)20-8-5-14-3-4-16-17(11-14)26-13-25-16;/h3-4,11,15H,5-10,12-13H2,1-2H3,(H2,19,20,21);1H. The molecule has 0 unspecified atom stereocenters. The number of benzene rings is 1. The maximum absolute atomic E-state index is 11.6. The molecule has 0 atom stereocenters. The molecular formula is C18H29IN4O4S. The summed E-state index contributed by atoms with van der Waals surface area (Å²) in [7, 11) is -1.32. The Morgan fingerprint density at radius 1 is 1.21 bits per heavy atom. The van der Waals surface area contributed by atoms with Gasteiger partial charge in [0.05, 0.1) is 6.26 Å². The van der Waals surface area contributed by atoms with Crippen molar-refractivity contribution in [1.29, 1.82) is 0 Å². The topological polar surface area (TPSA) is 92.3 Å². The van der Waals surface area contributed by atoms with Crippen molar-refractivity contribution in [2.24, 2.45) is 10.9 Å². The smallest absolute Gasteiger partial charge is 0.231 e. The Morgan fingerprint density at radius 3 is 2.61 bits per heavy atom. The van der Waals surface area contributed by atoms with Gasteiger partial charge in [-0.25, -0.2) is 12.7 Å². The molecule has 0 spiro atoms. The van der Waals surface area contributed by atoms with Gasteiger partial charge in [0.1, 0.15) is 0 Å². The summed E-state index contributed by atoms with van der Waals surface area (Å²) >= 11 is 0. The maximum atomic E-state index is 11.6. The lowest BCUT2D eigenvalue weighted by Gasteiger charge is -2.30. The molecule has 1 fully saturated rings. The van der Waals surface area contributed by atoms with Gasteiger partial charge in [0.15, 0.2) is 17.5 Å². The SMILES string of the molecule is CN=C(NCCc1ccc2c(c1)OCO2)NCC1CCN(S(C)(=O)=O)CC1.I. The van der Waals surface area contributed by atoms with Crippen molar-refractivity contribution in [3.63, 3.8) is 0 Å². The van der Waals surface area contributed by atoms with Crippen LogP contribution in [0.4, 0.5) is 0 Å². The minimum absolute atomic E-state index is 0. The van der Waals surface area contributed by atoms with Gasteiger partial charge in [0.2, 0.25) is 16.8 Å². The van der Waals surface area contributed by atoms with E-state index in [1.54, 1.807) is 11.4 Å². The molecule has 2 N–H and O–H groups in total. The second kappa shape index (κ2) is 10.5. The summed E-state index contributed by atoms with van der Waals surface area (Å²) < 4.78 is 35.4. The molecule has 0 bridgehead atoms. The third kappa shape index (κ3) is 6.38. The zero-order chi connectivity index (χ0) is 19.3. The Labute approximate surface area is 184 Å². The molecule has 3 rings (SSSR count). The Morgan fingerprint density at radius 2 is 1.93 bits per heavy atom. The number of hydrogen-bond donors (Lipinski definition) is 2. The number of aliphatic imine (C=N–C) groups is 1. The number of hydrogen-bond acceptors (Lipinski definition) is 5. The maximum Gasteiger partial charge on any atom is 0.231 e. The molecule has 1 saturated heterocycles. The van der Waals surface area contributed by atoms with Crippen molar-refractivity contribution in [3.8, 4) is 11.5 Å². The van der Waals surface area contributed by atoms with Crippen LogP contribution in [0, 0.1) is 5.92 Å². The highest BCUT2D eigenvalue weighted by Crippen LogP contribution is 2.32. The number of nitrogens with one attached hydrogen (secondary N) is 2. The largest absolute Gasteiger partial charge is 0.454 e. The molecule has 1 aromatic rings. The highest BCUT2D eigenvalue weighted by molar-refractivity contribution is 14.0. The number of piperidine rings is 1. The van der Waals surface area contributed by atoms with E-state index in [9.17, 15) is 8.42 Å². The van der Waals surface area contributed by atoms with E-state index in [0.29, 0.717) is 19.0 Å². The van der Waals surface area contributed by atoms with E-state index in [1.807, 2.05) is 18.2 Å². The first-order valence-electron chi connectivity index (χ1n) is 9.24. The van der Waals surface area contributed by atoms with Crippen LogP contribution in [0.1, 0.15) is 18.4 Å². The van der Waals surface area contributed by atoms with Gasteiger partial charge >= 0.3 is 0 Å². The highest BCUT2D eigenvalue weighted by atomic mass is 127.